The molecule has 4 nitrogen and oxygen atoms in total. The first-order valence-electron chi connectivity index (χ1n) is 7.86. The van der Waals surface area contributed by atoms with Crippen LogP contribution in [-0.4, -0.2) is 23.4 Å². The highest BCUT2D eigenvalue weighted by atomic mass is 32.2. The molecule has 0 bridgehead atoms. The molecule has 129 valence electrons. The number of benzene rings is 2. The van der Waals surface area contributed by atoms with Gasteiger partial charge in [-0.15, -0.1) is 11.8 Å². The summed E-state index contributed by atoms with van der Waals surface area (Å²) in [6.07, 6.45) is 1.52. The maximum absolute atomic E-state index is 12.9. The molecule has 3 aromatic rings. The third kappa shape index (κ3) is 4.94. The summed E-state index contributed by atoms with van der Waals surface area (Å²) in [5.74, 6) is 0.0893. The lowest BCUT2D eigenvalue weighted by molar-refractivity contribution is 0.102. The first-order valence-corrected chi connectivity index (χ1v) is 8.85. The standard InChI is InChI=1S/C19H15BFN2O2S/c21-16-6-8-17(9-7-16)23-19(24)14-3-10-18(22-11-14)26-12-13-1-4-15(20-25)5-2-13/h1-11,25H,12H2,(H,23,24). The van der Waals surface area contributed by atoms with E-state index < -0.39 is 0 Å². The quantitative estimate of drug-likeness (QED) is 0.521. The van der Waals surface area contributed by atoms with Crippen molar-refractivity contribution in [3.8, 4) is 0 Å². The molecule has 1 aromatic heterocycles. The van der Waals surface area contributed by atoms with Gasteiger partial charge in [0.15, 0.2) is 0 Å². The van der Waals surface area contributed by atoms with Gasteiger partial charge in [0.2, 0.25) is 0 Å². The summed E-state index contributed by atoms with van der Waals surface area (Å²) < 4.78 is 12.9. The summed E-state index contributed by atoms with van der Waals surface area (Å²) in [6, 6.07) is 16.7. The number of nitrogens with zero attached hydrogens (tertiary/aromatic N) is 1. The largest absolute Gasteiger partial charge is 0.450 e. The lowest BCUT2D eigenvalue weighted by atomic mass is 9.88. The van der Waals surface area contributed by atoms with E-state index in [1.54, 1.807) is 23.9 Å². The van der Waals surface area contributed by atoms with E-state index in [9.17, 15) is 9.18 Å². The Kier molecular flexibility index (Phi) is 6.04. The summed E-state index contributed by atoms with van der Waals surface area (Å²) in [5.41, 5.74) is 2.83. The summed E-state index contributed by atoms with van der Waals surface area (Å²) in [5, 5.41) is 12.4. The zero-order valence-electron chi connectivity index (χ0n) is 13.7. The second-order valence-corrected chi connectivity index (χ2v) is 6.50. The first kappa shape index (κ1) is 18.2. The van der Waals surface area contributed by atoms with Crippen molar-refractivity contribution in [3.05, 3.63) is 83.8 Å². The Morgan fingerprint density at radius 1 is 1.08 bits per heavy atom. The molecule has 3 rings (SSSR count). The van der Waals surface area contributed by atoms with Crippen LogP contribution >= 0.6 is 11.8 Å². The van der Waals surface area contributed by atoms with Crippen LogP contribution in [0.15, 0.2) is 71.9 Å². The Morgan fingerprint density at radius 3 is 2.42 bits per heavy atom. The second-order valence-electron chi connectivity index (χ2n) is 5.51. The van der Waals surface area contributed by atoms with Crippen molar-refractivity contribution in [1.82, 2.24) is 4.98 Å². The molecule has 2 N–H and O–H groups in total. The molecule has 1 heterocycles. The Balaban J connectivity index is 1.56. The molecule has 1 amide bonds. The van der Waals surface area contributed by atoms with Crippen molar-refractivity contribution < 1.29 is 14.2 Å². The molecular formula is C19H15BFN2O2S. The van der Waals surface area contributed by atoms with Gasteiger partial charge in [0, 0.05) is 17.6 Å². The number of amides is 1. The Labute approximate surface area is 155 Å². The number of hydrogen-bond donors (Lipinski definition) is 2. The van der Waals surface area contributed by atoms with Gasteiger partial charge in [-0.2, -0.15) is 0 Å². The van der Waals surface area contributed by atoms with Crippen LogP contribution in [0.3, 0.4) is 0 Å². The second kappa shape index (κ2) is 8.64. The van der Waals surface area contributed by atoms with Crippen LogP contribution in [0.1, 0.15) is 15.9 Å². The van der Waals surface area contributed by atoms with E-state index >= 15 is 0 Å². The monoisotopic (exact) mass is 365 g/mol. The van der Waals surface area contributed by atoms with E-state index in [1.807, 2.05) is 24.3 Å². The van der Waals surface area contributed by atoms with Crippen molar-refractivity contribution in [2.75, 3.05) is 5.32 Å². The molecule has 1 radical (unpaired) electrons. The molecule has 7 heteroatoms. The zero-order chi connectivity index (χ0) is 18.4. The number of nitrogens with one attached hydrogen (secondary N) is 1. The summed E-state index contributed by atoms with van der Waals surface area (Å²) >= 11 is 1.56. The molecule has 2 aromatic carbocycles. The average Bonchev–Trinajstić information content (AvgIpc) is 2.69. The molecule has 0 atom stereocenters. The number of carbonyl (C=O) groups excluding carboxylic acids is 1. The maximum atomic E-state index is 12.9. The Hall–Kier alpha value is -2.64. The summed E-state index contributed by atoms with van der Waals surface area (Å²) in [6.45, 7) is 0. The van der Waals surface area contributed by atoms with E-state index in [0.717, 1.165) is 29.3 Å². The minimum atomic E-state index is -0.352. The van der Waals surface area contributed by atoms with Crippen LogP contribution in [0.25, 0.3) is 0 Å². The van der Waals surface area contributed by atoms with Gasteiger partial charge < -0.3 is 10.3 Å². The number of rotatable bonds is 6. The topological polar surface area (TPSA) is 62.2 Å². The van der Waals surface area contributed by atoms with Gasteiger partial charge >= 0.3 is 7.48 Å². The average molecular weight is 365 g/mol. The lowest BCUT2D eigenvalue weighted by Crippen LogP contribution is -2.12. The van der Waals surface area contributed by atoms with Crippen molar-refractivity contribution in [1.29, 1.82) is 0 Å². The van der Waals surface area contributed by atoms with E-state index in [2.05, 4.69) is 10.3 Å². The van der Waals surface area contributed by atoms with E-state index in [1.165, 1.54) is 30.5 Å². The van der Waals surface area contributed by atoms with Gasteiger partial charge in [-0.1, -0.05) is 29.7 Å². The van der Waals surface area contributed by atoms with Crippen molar-refractivity contribution >= 4 is 36.3 Å². The van der Waals surface area contributed by atoms with Crippen LogP contribution in [0.4, 0.5) is 10.1 Å². The molecular weight excluding hydrogens is 350 g/mol. The highest BCUT2D eigenvalue weighted by Crippen LogP contribution is 2.20. The fourth-order valence-corrected chi connectivity index (χ4v) is 2.99. The molecule has 0 fully saturated rings. The van der Waals surface area contributed by atoms with Gasteiger partial charge in [-0.25, -0.2) is 9.37 Å². The van der Waals surface area contributed by atoms with Crippen molar-refractivity contribution in [3.63, 3.8) is 0 Å². The number of halogens is 1. The molecule has 0 spiro atoms. The normalized spacial score (nSPS) is 10.4. The van der Waals surface area contributed by atoms with Crippen LogP contribution < -0.4 is 10.8 Å². The number of pyridine rings is 1. The third-order valence-corrected chi connectivity index (χ3v) is 4.63. The maximum Gasteiger partial charge on any atom is 0.326 e. The van der Waals surface area contributed by atoms with Crippen LogP contribution in [0, 0.1) is 5.82 Å². The summed E-state index contributed by atoms with van der Waals surface area (Å²) in [7, 11) is 1.06. The SMILES string of the molecule is O=C(Nc1ccc(F)cc1)c1ccc(SCc2ccc([B]O)cc2)nc1. The number of aromatic nitrogens is 1. The fourth-order valence-electron chi connectivity index (χ4n) is 2.19. The predicted octanol–water partition coefficient (Wildman–Crippen LogP) is 3.00. The number of carbonyl (C=O) groups is 1. The number of thioether (sulfide) groups is 1. The van der Waals surface area contributed by atoms with E-state index in [-0.39, 0.29) is 11.7 Å². The fraction of sp³-hybridized carbons (Fsp3) is 0.0526. The minimum absolute atomic E-state index is 0.295. The molecule has 0 unspecified atom stereocenters. The molecule has 0 aliphatic heterocycles. The Bertz CT molecular complexity index is 872. The van der Waals surface area contributed by atoms with Crippen LogP contribution in [0.2, 0.25) is 0 Å². The molecule has 0 aliphatic carbocycles. The van der Waals surface area contributed by atoms with E-state index in [0.29, 0.717) is 11.3 Å². The predicted molar refractivity (Wildman–Crippen MR) is 102 cm³/mol. The highest BCUT2D eigenvalue weighted by Gasteiger charge is 2.07. The van der Waals surface area contributed by atoms with Crippen molar-refractivity contribution in [2.24, 2.45) is 0 Å². The number of hydrogen-bond acceptors (Lipinski definition) is 4. The lowest BCUT2D eigenvalue weighted by Gasteiger charge is -2.06. The number of anilines is 1. The minimum Gasteiger partial charge on any atom is -0.450 e. The smallest absolute Gasteiger partial charge is 0.326 e. The third-order valence-electron chi connectivity index (χ3n) is 3.62. The van der Waals surface area contributed by atoms with Crippen LogP contribution in [-0.2, 0) is 5.75 Å². The highest BCUT2D eigenvalue weighted by molar-refractivity contribution is 7.98. The van der Waals surface area contributed by atoms with Crippen molar-refractivity contribution in [2.45, 2.75) is 10.8 Å². The molecule has 0 saturated carbocycles. The van der Waals surface area contributed by atoms with Gasteiger partial charge in [-0.3, -0.25) is 4.79 Å². The Morgan fingerprint density at radius 2 is 1.81 bits per heavy atom. The van der Waals surface area contributed by atoms with Gasteiger partial charge in [-0.05, 0) is 42.0 Å². The van der Waals surface area contributed by atoms with Crippen LogP contribution in [0.5, 0.6) is 0 Å². The van der Waals surface area contributed by atoms with Gasteiger partial charge in [0.1, 0.15) is 5.82 Å². The molecule has 26 heavy (non-hydrogen) atoms. The van der Waals surface area contributed by atoms with Gasteiger partial charge in [0.05, 0.1) is 10.6 Å². The summed E-state index contributed by atoms with van der Waals surface area (Å²) in [4.78, 5) is 16.5. The zero-order valence-corrected chi connectivity index (χ0v) is 14.5. The van der Waals surface area contributed by atoms with E-state index in [4.69, 9.17) is 5.02 Å². The first-order chi connectivity index (χ1) is 12.6. The van der Waals surface area contributed by atoms with Gasteiger partial charge in [0.25, 0.3) is 5.91 Å². The molecule has 0 saturated heterocycles. The molecule has 0 aliphatic rings.